The fourth-order valence-electron chi connectivity index (χ4n) is 2.90. The van der Waals surface area contributed by atoms with E-state index in [0.717, 1.165) is 21.2 Å². The zero-order chi connectivity index (χ0) is 19.9. The molecule has 148 valence electrons. The van der Waals surface area contributed by atoms with Crippen LogP contribution in [0, 0.1) is 0 Å². The summed E-state index contributed by atoms with van der Waals surface area (Å²) < 4.78 is 4.93. The van der Waals surface area contributed by atoms with Crippen LogP contribution in [0.15, 0.2) is 52.3 Å². The Kier molecular flexibility index (Phi) is 6.91. The number of ether oxygens (including phenoxy) is 1. The summed E-state index contributed by atoms with van der Waals surface area (Å²) in [7, 11) is 0. The molecule has 1 aliphatic rings. The van der Waals surface area contributed by atoms with Crippen molar-refractivity contribution < 1.29 is 19.4 Å². The second-order valence-electron chi connectivity index (χ2n) is 6.05. The Balaban J connectivity index is 1.89. The number of fused-ring (bicyclic) bond motifs is 2. The molecule has 2 amide bonds. The van der Waals surface area contributed by atoms with E-state index >= 15 is 0 Å². The van der Waals surface area contributed by atoms with Crippen molar-refractivity contribution >= 4 is 40.8 Å². The highest BCUT2D eigenvalue weighted by atomic mass is 32.2. The Bertz CT molecular complexity index is 859. The highest BCUT2D eigenvalue weighted by molar-refractivity contribution is 7.99. The van der Waals surface area contributed by atoms with Crippen LogP contribution in [0.4, 0.5) is 21.9 Å². The summed E-state index contributed by atoms with van der Waals surface area (Å²) in [6.07, 6.45) is -0.245. The molecule has 3 N–H and O–H groups in total. The summed E-state index contributed by atoms with van der Waals surface area (Å²) in [5, 5.41) is 14.6. The molecule has 8 heteroatoms. The lowest BCUT2D eigenvalue weighted by Gasteiger charge is -2.31. The molecule has 0 unspecified atom stereocenters. The topological polar surface area (TPSA) is 90.9 Å². The molecule has 3 rings (SSSR count). The lowest BCUT2D eigenvalue weighted by Crippen LogP contribution is -2.32. The number of anilines is 3. The molecule has 1 aliphatic heterocycles. The molecule has 0 radical (unpaired) electrons. The lowest BCUT2D eigenvalue weighted by atomic mass is 10.2. The summed E-state index contributed by atoms with van der Waals surface area (Å²) in [5.41, 5.74) is 2.11. The fourth-order valence-corrected chi connectivity index (χ4v) is 3.94. The van der Waals surface area contributed by atoms with Gasteiger partial charge in [0.05, 0.1) is 24.6 Å². The van der Waals surface area contributed by atoms with Crippen molar-refractivity contribution in [2.24, 2.45) is 0 Å². The van der Waals surface area contributed by atoms with E-state index in [1.165, 1.54) is 0 Å². The Morgan fingerprint density at radius 2 is 1.89 bits per heavy atom. The van der Waals surface area contributed by atoms with Gasteiger partial charge >= 0.3 is 6.09 Å². The first-order valence-corrected chi connectivity index (χ1v) is 9.95. The molecule has 0 saturated carbocycles. The first-order valence-electron chi connectivity index (χ1n) is 9.13. The number of nitrogens with one attached hydrogen (secondary N) is 2. The smallest absolute Gasteiger partial charge is 0.411 e. The standard InChI is InChI=1S/C20H23N3O4S/c1-2-27-20(26)22-14-7-8-18-16(13-14)23(19(25)9-10-21-11-12-24)15-5-3-4-6-17(15)28-18/h3-8,13,21,24H,2,9-12H2,1H3,(H,22,26). The number of benzene rings is 2. The van der Waals surface area contributed by atoms with E-state index in [2.05, 4.69) is 10.6 Å². The second-order valence-corrected chi connectivity index (χ2v) is 7.13. The van der Waals surface area contributed by atoms with Gasteiger partial charge in [0.2, 0.25) is 5.91 Å². The maximum absolute atomic E-state index is 13.0. The molecular weight excluding hydrogens is 378 g/mol. The first kappa shape index (κ1) is 20.2. The number of rotatable bonds is 7. The Hall–Kier alpha value is -2.55. The largest absolute Gasteiger partial charge is 0.450 e. The molecule has 0 aliphatic carbocycles. The molecule has 7 nitrogen and oxygen atoms in total. The van der Waals surface area contributed by atoms with Crippen LogP contribution in [-0.2, 0) is 9.53 Å². The van der Waals surface area contributed by atoms with E-state index in [4.69, 9.17) is 9.84 Å². The number of para-hydroxylation sites is 1. The Morgan fingerprint density at radius 3 is 2.68 bits per heavy atom. The normalized spacial score (nSPS) is 12.1. The van der Waals surface area contributed by atoms with Gasteiger partial charge in [-0.15, -0.1) is 0 Å². The molecule has 2 aromatic rings. The summed E-state index contributed by atoms with van der Waals surface area (Å²) in [6.45, 7) is 2.98. The van der Waals surface area contributed by atoms with Crippen molar-refractivity contribution in [3.05, 3.63) is 42.5 Å². The van der Waals surface area contributed by atoms with E-state index in [0.29, 0.717) is 18.8 Å². The Morgan fingerprint density at radius 1 is 1.11 bits per heavy atom. The number of aliphatic hydroxyl groups excluding tert-OH is 1. The third-order valence-corrected chi connectivity index (χ3v) is 5.23. The van der Waals surface area contributed by atoms with Gasteiger partial charge in [-0.25, -0.2) is 4.79 Å². The molecule has 1 heterocycles. The summed E-state index contributed by atoms with van der Waals surface area (Å²) in [5.74, 6) is -0.0623. The molecule has 0 aromatic heterocycles. The van der Waals surface area contributed by atoms with Crippen LogP contribution < -0.4 is 15.5 Å². The number of hydrogen-bond donors (Lipinski definition) is 3. The van der Waals surface area contributed by atoms with Crippen molar-refractivity contribution in [3.63, 3.8) is 0 Å². The van der Waals surface area contributed by atoms with Gasteiger partial charge in [-0.2, -0.15) is 0 Å². The van der Waals surface area contributed by atoms with Crippen molar-refractivity contribution in [1.82, 2.24) is 5.32 Å². The van der Waals surface area contributed by atoms with Crippen molar-refractivity contribution in [2.45, 2.75) is 23.1 Å². The third-order valence-electron chi connectivity index (χ3n) is 4.10. The molecule has 0 atom stereocenters. The number of nitrogens with zero attached hydrogens (tertiary/aromatic N) is 1. The SMILES string of the molecule is CCOC(=O)Nc1ccc2c(c1)N(C(=O)CCNCCO)c1ccccc1S2. The third kappa shape index (κ3) is 4.64. The van der Waals surface area contributed by atoms with Gasteiger partial charge in [-0.3, -0.25) is 15.0 Å². The van der Waals surface area contributed by atoms with Crippen LogP contribution in [0.1, 0.15) is 13.3 Å². The van der Waals surface area contributed by atoms with Gasteiger partial charge in [0, 0.05) is 35.0 Å². The van der Waals surface area contributed by atoms with E-state index < -0.39 is 6.09 Å². The summed E-state index contributed by atoms with van der Waals surface area (Å²) in [4.78, 5) is 28.4. The monoisotopic (exact) mass is 401 g/mol. The first-order chi connectivity index (χ1) is 13.6. The molecule has 0 fully saturated rings. The number of carbonyl (C=O) groups is 2. The van der Waals surface area contributed by atoms with Crippen LogP contribution in [-0.4, -0.2) is 43.4 Å². The van der Waals surface area contributed by atoms with E-state index in [9.17, 15) is 9.59 Å². The zero-order valence-electron chi connectivity index (χ0n) is 15.6. The predicted molar refractivity (Wildman–Crippen MR) is 109 cm³/mol. The summed E-state index contributed by atoms with van der Waals surface area (Å²) >= 11 is 1.59. The van der Waals surface area contributed by atoms with Crippen LogP contribution in [0.5, 0.6) is 0 Å². The second kappa shape index (κ2) is 9.59. The molecule has 0 spiro atoms. The molecule has 2 aromatic carbocycles. The minimum Gasteiger partial charge on any atom is -0.450 e. The van der Waals surface area contributed by atoms with Crippen LogP contribution in [0.3, 0.4) is 0 Å². The number of amides is 2. The van der Waals surface area contributed by atoms with Crippen molar-refractivity contribution in [3.8, 4) is 0 Å². The lowest BCUT2D eigenvalue weighted by molar-refractivity contribution is -0.117. The predicted octanol–water partition coefficient (Wildman–Crippen LogP) is 3.36. The molecule has 0 saturated heterocycles. The van der Waals surface area contributed by atoms with Crippen LogP contribution >= 0.6 is 11.8 Å². The minimum absolute atomic E-state index is 0.0309. The molecular formula is C20H23N3O4S. The van der Waals surface area contributed by atoms with Gasteiger partial charge in [0.15, 0.2) is 0 Å². The quantitative estimate of drug-likeness (QED) is 0.617. The van der Waals surface area contributed by atoms with Gasteiger partial charge < -0.3 is 15.2 Å². The van der Waals surface area contributed by atoms with Crippen molar-refractivity contribution in [1.29, 1.82) is 0 Å². The van der Waals surface area contributed by atoms with E-state index in [-0.39, 0.29) is 25.5 Å². The highest BCUT2D eigenvalue weighted by Gasteiger charge is 2.28. The maximum atomic E-state index is 13.0. The number of hydrogen-bond acceptors (Lipinski definition) is 6. The number of carbonyl (C=O) groups excluding carboxylic acids is 2. The van der Waals surface area contributed by atoms with Gasteiger partial charge in [-0.05, 0) is 37.3 Å². The van der Waals surface area contributed by atoms with E-state index in [1.54, 1.807) is 35.7 Å². The fraction of sp³-hybridized carbons (Fsp3) is 0.300. The van der Waals surface area contributed by atoms with Gasteiger partial charge in [-0.1, -0.05) is 23.9 Å². The highest BCUT2D eigenvalue weighted by Crippen LogP contribution is 2.49. The minimum atomic E-state index is -0.530. The van der Waals surface area contributed by atoms with Crippen molar-refractivity contribution in [2.75, 3.05) is 36.5 Å². The maximum Gasteiger partial charge on any atom is 0.411 e. The van der Waals surface area contributed by atoms with Gasteiger partial charge in [0.1, 0.15) is 0 Å². The summed E-state index contributed by atoms with van der Waals surface area (Å²) in [6, 6.07) is 13.2. The molecule has 0 bridgehead atoms. The molecule has 28 heavy (non-hydrogen) atoms. The van der Waals surface area contributed by atoms with Crippen LogP contribution in [0.2, 0.25) is 0 Å². The number of aliphatic hydroxyl groups is 1. The van der Waals surface area contributed by atoms with Gasteiger partial charge in [0.25, 0.3) is 0 Å². The van der Waals surface area contributed by atoms with E-state index in [1.807, 2.05) is 30.3 Å². The Labute approximate surface area is 168 Å². The average molecular weight is 401 g/mol. The van der Waals surface area contributed by atoms with Crippen LogP contribution in [0.25, 0.3) is 0 Å². The average Bonchev–Trinajstić information content (AvgIpc) is 2.69. The zero-order valence-corrected chi connectivity index (χ0v) is 16.4.